The fourth-order valence-corrected chi connectivity index (χ4v) is 4.54. The number of alkyl halides is 3. The van der Waals surface area contributed by atoms with Gasteiger partial charge in [-0.3, -0.25) is 4.79 Å². The van der Waals surface area contributed by atoms with E-state index in [1.165, 1.54) is 24.1 Å². The van der Waals surface area contributed by atoms with Gasteiger partial charge in [-0.05, 0) is 56.5 Å². The molecule has 0 fully saturated rings. The minimum atomic E-state index is -4.85. The molecule has 220 valence electrons. The molecule has 1 N–H and O–H groups in total. The normalized spacial score (nSPS) is 13.9. The molecule has 4 rings (SSSR count). The number of hydrogen-bond donors (Lipinski definition) is 1. The third kappa shape index (κ3) is 8.43. The van der Waals surface area contributed by atoms with Crippen LogP contribution in [-0.4, -0.2) is 44.7 Å². The minimum Gasteiger partial charge on any atom is -0.497 e. The van der Waals surface area contributed by atoms with E-state index in [4.69, 9.17) is 25.8 Å². The zero-order chi connectivity index (χ0) is 29.8. The smallest absolute Gasteiger partial charge is 0.497 e. The van der Waals surface area contributed by atoms with Gasteiger partial charge in [0.25, 0.3) is 5.91 Å². The fraction of sp³-hybridized carbons (Fsp3) is 0.367. The van der Waals surface area contributed by atoms with Gasteiger partial charge in [0.05, 0.1) is 25.0 Å². The average Bonchev–Trinajstić information content (AvgIpc) is 3.31. The maximum absolute atomic E-state index is 14.0. The van der Waals surface area contributed by atoms with Crippen LogP contribution in [0.5, 0.6) is 17.2 Å². The summed E-state index contributed by atoms with van der Waals surface area (Å²) in [5.74, 6) is 0.257. The lowest BCUT2D eigenvalue weighted by Crippen LogP contribution is -2.37. The summed E-state index contributed by atoms with van der Waals surface area (Å²) in [4.78, 5) is 15.5. The predicted octanol–water partition coefficient (Wildman–Crippen LogP) is 7.18. The van der Waals surface area contributed by atoms with Crippen molar-refractivity contribution in [2.45, 2.75) is 45.2 Å². The summed E-state index contributed by atoms with van der Waals surface area (Å²) in [5.41, 5.74) is 1.96. The van der Waals surface area contributed by atoms with Crippen LogP contribution in [-0.2, 0) is 16.0 Å². The van der Waals surface area contributed by atoms with Crippen molar-refractivity contribution in [1.82, 2.24) is 0 Å². The Balaban J connectivity index is 1.62. The van der Waals surface area contributed by atoms with Crippen LogP contribution in [0.1, 0.15) is 37.9 Å². The predicted molar refractivity (Wildman–Crippen MR) is 151 cm³/mol. The van der Waals surface area contributed by atoms with E-state index < -0.39 is 18.2 Å². The van der Waals surface area contributed by atoms with Crippen molar-refractivity contribution in [2.24, 2.45) is 0 Å². The van der Waals surface area contributed by atoms with Gasteiger partial charge in [0.15, 0.2) is 0 Å². The molecule has 1 aliphatic rings. The first-order chi connectivity index (χ1) is 19.3. The van der Waals surface area contributed by atoms with Crippen LogP contribution in [0, 0.1) is 0 Å². The highest BCUT2D eigenvalue weighted by Gasteiger charge is 2.34. The van der Waals surface area contributed by atoms with Gasteiger partial charge in [-0.25, -0.2) is 0 Å². The molecule has 0 aromatic heterocycles. The molecule has 3 aromatic rings. The van der Waals surface area contributed by atoms with Gasteiger partial charge in [-0.1, -0.05) is 29.8 Å². The summed E-state index contributed by atoms with van der Waals surface area (Å²) < 4.78 is 59.8. The Bertz CT molecular complexity index is 1360. The largest absolute Gasteiger partial charge is 0.573 e. The number of nitrogens with zero attached hydrogens (tertiary/aromatic N) is 1. The van der Waals surface area contributed by atoms with Gasteiger partial charge in [0.1, 0.15) is 29.9 Å². The Morgan fingerprint density at radius 2 is 1.68 bits per heavy atom. The Morgan fingerprint density at radius 1 is 0.976 bits per heavy atom. The molecule has 7 nitrogen and oxygen atoms in total. The van der Waals surface area contributed by atoms with Crippen molar-refractivity contribution >= 4 is 28.9 Å². The Hall–Kier alpha value is -3.63. The topological polar surface area (TPSA) is 69.3 Å². The van der Waals surface area contributed by atoms with E-state index in [-0.39, 0.29) is 11.5 Å². The first-order valence-electron chi connectivity index (χ1n) is 13.0. The molecule has 0 aliphatic carbocycles. The zero-order valence-corrected chi connectivity index (χ0v) is 23.9. The lowest BCUT2D eigenvalue weighted by atomic mass is 10.0. The van der Waals surface area contributed by atoms with E-state index in [2.05, 4.69) is 10.1 Å². The third-order valence-corrected chi connectivity index (χ3v) is 6.47. The molecule has 0 saturated heterocycles. The van der Waals surface area contributed by atoms with E-state index in [0.29, 0.717) is 59.6 Å². The lowest BCUT2D eigenvalue weighted by Gasteiger charge is -2.27. The summed E-state index contributed by atoms with van der Waals surface area (Å²) in [6.07, 6.45) is -4.35. The van der Waals surface area contributed by atoms with Crippen LogP contribution in [0.3, 0.4) is 0 Å². The van der Waals surface area contributed by atoms with Crippen molar-refractivity contribution in [3.63, 3.8) is 0 Å². The number of anilines is 2. The number of carbonyl (C=O) groups excluding carboxylic acids is 1. The number of ether oxygens (including phenoxy) is 4. The number of halogens is 4. The van der Waals surface area contributed by atoms with Crippen LogP contribution >= 0.6 is 11.6 Å². The Labute approximate surface area is 242 Å². The van der Waals surface area contributed by atoms with Crippen molar-refractivity contribution < 1.29 is 36.9 Å². The number of fused-ring (bicyclic) bond motifs is 1. The standard InChI is InChI=1S/C30H32ClF3N2O5/c1-29(2,3)40-14-13-39-25-16-22(15-24(17-25)38-4)35-27(20-5-8-21(31)9-6-20)28(37)36-12-11-19-7-10-23(18-26(19)36)41-30(32,33)34/h5-10,15-18,27,35H,11-14H2,1-4H3. The number of rotatable bonds is 10. The lowest BCUT2D eigenvalue weighted by molar-refractivity contribution is -0.274. The molecule has 1 heterocycles. The molecule has 1 aliphatic heterocycles. The van der Waals surface area contributed by atoms with Crippen LogP contribution in [0.15, 0.2) is 60.7 Å². The third-order valence-electron chi connectivity index (χ3n) is 6.22. The zero-order valence-electron chi connectivity index (χ0n) is 23.2. The summed E-state index contributed by atoms with van der Waals surface area (Å²) in [7, 11) is 1.52. The summed E-state index contributed by atoms with van der Waals surface area (Å²) in [5, 5.41) is 3.76. The van der Waals surface area contributed by atoms with Crippen LogP contribution in [0.2, 0.25) is 5.02 Å². The molecule has 0 spiro atoms. The molecular formula is C30H32ClF3N2O5. The molecule has 41 heavy (non-hydrogen) atoms. The number of nitrogens with one attached hydrogen (secondary N) is 1. The van der Waals surface area contributed by atoms with Crippen molar-refractivity contribution in [1.29, 1.82) is 0 Å². The van der Waals surface area contributed by atoms with E-state index in [9.17, 15) is 18.0 Å². The molecule has 0 saturated carbocycles. The summed E-state index contributed by atoms with van der Waals surface area (Å²) in [6.45, 7) is 6.85. The van der Waals surface area contributed by atoms with Crippen LogP contribution in [0.4, 0.5) is 24.5 Å². The minimum absolute atomic E-state index is 0.301. The van der Waals surface area contributed by atoms with E-state index in [1.54, 1.807) is 48.5 Å². The fourth-order valence-electron chi connectivity index (χ4n) is 4.41. The Morgan fingerprint density at radius 3 is 2.34 bits per heavy atom. The van der Waals surface area contributed by atoms with Gasteiger partial charge in [-0.15, -0.1) is 13.2 Å². The molecule has 3 aromatic carbocycles. The van der Waals surface area contributed by atoms with Gasteiger partial charge >= 0.3 is 6.36 Å². The molecule has 1 atom stereocenters. The van der Waals surface area contributed by atoms with Gasteiger partial charge < -0.3 is 29.2 Å². The van der Waals surface area contributed by atoms with E-state index >= 15 is 0 Å². The van der Waals surface area contributed by atoms with Crippen molar-refractivity contribution in [3.05, 3.63) is 76.8 Å². The number of benzene rings is 3. The van der Waals surface area contributed by atoms with Crippen molar-refractivity contribution in [2.75, 3.05) is 37.1 Å². The maximum Gasteiger partial charge on any atom is 0.573 e. The number of carbonyl (C=O) groups is 1. The SMILES string of the molecule is COc1cc(NC(C(=O)N2CCc3ccc(OC(F)(F)F)cc32)c2ccc(Cl)cc2)cc(OCCOC(C)(C)C)c1. The van der Waals surface area contributed by atoms with E-state index in [0.717, 1.165) is 5.56 Å². The Kier molecular flexibility index (Phi) is 9.24. The highest BCUT2D eigenvalue weighted by atomic mass is 35.5. The van der Waals surface area contributed by atoms with Crippen LogP contribution in [0.25, 0.3) is 0 Å². The quantitative estimate of drug-likeness (QED) is 0.251. The number of hydrogen-bond acceptors (Lipinski definition) is 6. The van der Waals surface area contributed by atoms with Gasteiger partial charge in [0, 0.05) is 41.5 Å². The molecule has 1 unspecified atom stereocenters. The number of amides is 1. The van der Waals surface area contributed by atoms with Crippen molar-refractivity contribution in [3.8, 4) is 17.2 Å². The maximum atomic E-state index is 14.0. The molecule has 0 bridgehead atoms. The number of methoxy groups -OCH3 is 1. The monoisotopic (exact) mass is 592 g/mol. The first-order valence-corrected chi connectivity index (χ1v) is 13.4. The second-order valence-electron chi connectivity index (χ2n) is 10.4. The highest BCUT2D eigenvalue weighted by Crippen LogP contribution is 2.37. The summed E-state index contributed by atoms with van der Waals surface area (Å²) >= 11 is 6.10. The summed E-state index contributed by atoms with van der Waals surface area (Å²) in [6, 6.07) is 15.1. The van der Waals surface area contributed by atoms with Gasteiger partial charge in [-0.2, -0.15) is 0 Å². The first kappa shape index (κ1) is 30.3. The molecular weight excluding hydrogens is 561 g/mol. The van der Waals surface area contributed by atoms with Crippen LogP contribution < -0.4 is 24.4 Å². The second-order valence-corrected chi connectivity index (χ2v) is 10.9. The molecule has 11 heteroatoms. The highest BCUT2D eigenvalue weighted by molar-refractivity contribution is 6.30. The molecule has 0 radical (unpaired) electrons. The van der Waals surface area contributed by atoms with Gasteiger partial charge in [0.2, 0.25) is 0 Å². The second kappa shape index (κ2) is 12.5. The average molecular weight is 593 g/mol. The van der Waals surface area contributed by atoms with E-state index in [1.807, 2.05) is 20.8 Å². The molecule has 1 amide bonds.